The number of benzene rings is 1. The average molecular weight is 424 g/mol. The Bertz CT molecular complexity index is 876. The van der Waals surface area contributed by atoms with Crippen molar-refractivity contribution < 1.29 is 17.5 Å². The Morgan fingerprint density at radius 1 is 1.28 bits per heavy atom. The van der Waals surface area contributed by atoms with Crippen LogP contribution in [0.4, 0.5) is 4.39 Å². The summed E-state index contributed by atoms with van der Waals surface area (Å²) < 4.78 is 45.3. The molecule has 0 saturated carbocycles. The number of pyridine rings is 1. The van der Waals surface area contributed by atoms with E-state index in [1.165, 1.54) is 30.6 Å². The van der Waals surface area contributed by atoms with Gasteiger partial charge in [-0.05, 0) is 43.3 Å². The van der Waals surface area contributed by atoms with E-state index < -0.39 is 10.0 Å². The van der Waals surface area contributed by atoms with Crippen LogP contribution in [0, 0.1) is 5.82 Å². The van der Waals surface area contributed by atoms with E-state index in [1.54, 1.807) is 18.2 Å². The molecule has 0 aliphatic heterocycles. The van der Waals surface area contributed by atoms with Gasteiger partial charge in [0.15, 0.2) is 5.96 Å². The van der Waals surface area contributed by atoms with Crippen molar-refractivity contribution in [1.29, 1.82) is 0 Å². The van der Waals surface area contributed by atoms with Gasteiger partial charge in [0, 0.05) is 32.5 Å². The van der Waals surface area contributed by atoms with Gasteiger partial charge in [0.1, 0.15) is 23.1 Å². The number of ether oxygens (including phenoxy) is 1. The van der Waals surface area contributed by atoms with Gasteiger partial charge in [-0.25, -0.2) is 17.5 Å². The molecule has 29 heavy (non-hydrogen) atoms. The highest BCUT2D eigenvalue weighted by Crippen LogP contribution is 2.10. The largest absolute Gasteiger partial charge is 0.492 e. The quantitative estimate of drug-likeness (QED) is 0.341. The molecule has 0 spiro atoms. The molecule has 158 valence electrons. The Kier molecular flexibility index (Phi) is 8.81. The van der Waals surface area contributed by atoms with Crippen LogP contribution in [0.5, 0.6) is 5.75 Å². The maximum absolute atomic E-state index is 12.9. The smallest absolute Gasteiger partial charge is 0.242 e. The van der Waals surface area contributed by atoms with Crippen molar-refractivity contribution in [2.75, 3.05) is 39.8 Å². The minimum Gasteiger partial charge on any atom is -0.492 e. The highest BCUT2D eigenvalue weighted by molar-refractivity contribution is 7.89. The molecule has 1 aromatic carbocycles. The fourth-order valence-electron chi connectivity index (χ4n) is 2.34. The summed E-state index contributed by atoms with van der Waals surface area (Å²) in [6.07, 6.45) is 2.81. The number of halogens is 1. The number of hydrogen-bond donors (Lipinski definition) is 2. The molecule has 0 radical (unpaired) electrons. The number of sulfonamides is 1. The zero-order chi connectivity index (χ0) is 21.1. The molecule has 2 rings (SSSR count). The van der Waals surface area contributed by atoms with Crippen LogP contribution in [0.15, 0.2) is 58.7 Å². The van der Waals surface area contributed by atoms with Crippen LogP contribution in [0.25, 0.3) is 0 Å². The Balaban J connectivity index is 1.82. The van der Waals surface area contributed by atoms with Crippen LogP contribution < -0.4 is 14.8 Å². The van der Waals surface area contributed by atoms with E-state index >= 15 is 0 Å². The maximum Gasteiger partial charge on any atom is 0.242 e. The normalized spacial score (nSPS) is 11.9. The lowest BCUT2D eigenvalue weighted by Gasteiger charge is -2.22. The lowest BCUT2D eigenvalue weighted by atomic mass is 10.3. The van der Waals surface area contributed by atoms with Crippen LogP contribution in [-0.2, 0) is 10.0 Å². The molecule has 0 unspecified atom stereocenters. The van der Waals surface area contributed by atoms with Gasteiger partial charge in [-0.3, -0.25) is 9.98 Å². The third kappa shape index (κ3) is 7.66. The zero-order valence-corrected chi connectivity index (χ0v) is 17.3. The number of hydrogen-bond acceptors (Lipinski definition) is 5. The molecular formula is C19H26FN5O3S. The molecule has 8 nitrogen and oxygen atoms in total. The summed E-state index contributed by atoms with van der Waals surface area (Å²) >= 11 is 0. The number of aliphatic imine (C=N–C) groups is 1. The Morgan fingerprint density at radius 3 is 2.69 bits per heavy atom. The summed E-state index contributed by atoms with van der Waals surface area (Å²) in [5.41, 5.74) is 0. The second-order valence-corrected chi connectivity index (χ2v) is 7.81. The fourth-order valence-corrected chi connectivity index (χ4v) is 3.32. The fraction of sp³-hybridized carbons (Fsp3) is 0.368. The second-order valence-electron chi connectivity index (χ2n) is 6.05. The van der Waals surface area contributed by atoms with Crippen molar-refractivity contribution in [1.82, 2.24) is 19.9 Å². The number of aromatic nitrogens is 1. The van der Waals surface area contributed by atoms with Crippen LogP contribution in [0.1, 0.15) is 6.92 Å². The highest BCUT2D eigenvalue weighted by atomic mass is 32.2. The van der Waals surface area contributed by atoms with Gasteiger partial charge in [0.2, 0.25) is 10.0 Å². The summed E-state index contributed by atoms with van der Waals surface area (Å²) in [7, 11) is -1.74. The molecule has 1 aromatic heterocycles. The average Bonchev–Trinajstić information content (AvgIpc) is 2.72. The molecule has 0 amide bonds. The molecule has 1 heterocycles. The van der Waals surface area contributed by atoms with Gasteiger partial charge < -0.3 is 15.0 Å². The van der Waals surface area contributed by atoms with E-state index in [2.05, 4.69) is 20.0 Å². The van der Waals surface area contributed by atoms with Gasteiger partial charge in [0.25, 0.3) is 0 Å². The zero-order valence-electron chi connectivity index (χ0n) is 16.5. The molecule has 0 saturated heterocycles. The summed E-state index contributed by atoms with van der Waals surface area (Å²) in [6, 6.07) is 8.89. The Labute approximate surface area is 170 Å². The van der Waals surface area contributed by atoms with Crippen molar-refractivity contribution in [2.45, 2.75) is 11.8 Å². The summed E-state index contributed by atoms with van der Waals surface area (Å²) in [5, 5.41) is 3.15. The molecule has 2 N–H and O–H groups in total. The van der Waals surface area contributed by atoms with E-state index in [0.717, 1.165) is 0 Å². The molecule has 0 bridgehead atoms. The first kappa shape index (κ1) is 22.6. The van der Waals surface area contributed by atoms with Crippen molar-refractivity contribution in [2.24, 2.45) is 4.99 Å². The van der Waals surface area contributed by atoms with Gasteiger partial charge in [0.05, 0.1) is 13.1 Å². The van der Waals surface area contributed by atoms with Gasteiger partial charge in [-0.1, -0.05) is 0 Å². The third-order valence-corrected chi connectivity index (χ3v) is 5.26. The molecular weight excluding hydrogens is 397 g/mol. The predicted molar refractivity (Wildman–Crippen MR) is 110 cm³/mol. The van der Waals surface area contributed by atoms with Gasteiger partial charge in [-0.15, -0.1) is 0 Å². The van der Waals surface area contributed by atoms with Gasteiger partial charge >= 0.3 is 0 Å². The van der Waals surface area contributed by atoms with E-state index in [1.807, 2.05) is 18.9 Å². The van der Waals surface area contributed by atoms with Crippen molar-refractivity contribution in [3.05, 3.63) is 54.6 Å². The first-order valence-corrected chi connectivity index (χ1v) is 10.7. The topological polar surface area (TPSA) is 95.9 Å². The third-order valence-electron chi connectivity index (χ3n) is 3.82. The van der Waals surface area contributed by atoms with Crippen LogP contribution in [0.2, 0.25) is 0 Å². The minimum absolute atomic E-state index is 0.117. The molecule has 0 aliphatic carbocycles. The highest BCUT2D eigenvalue weighted by Gasteiger charge is 2.13. The number of likely N-dealkylation sites (N-methyl/N-ethyl adjacent to an activating group) is 1. The lowest BCUT2D eigenvalue weighted by Crippen LogP contribution is -2.41. The number of guanidine groups is 1. The summed E-state index contributed by atoms with van der Waals surface area (Å²) in [5.74, 6) is 0.914. The predicted octanol–water partition coefficient (Wildman–Crippen LogP) is 1.48. The SMILES string of the molecule is CCNC(=NCCNS(=O)(=O)c1cccnc1)N(C)CCOc1ccc(F)cc1. The van der Waals surface area contributed by atoms with E-state index in [-0.39, 0.29) is 23.8 Å². The number of rotatable bonds is 10. The Hall–Kier alpha value is -2.72. The standard InChI is InChI=1S/C19H26FN5O3S/c1-3-22-19(25(2)13-14-28-17-8-6-16(20)7-9-17)23-11-12-24-29(26,27)18-5-4-10-21-15-18/h4-10,15,24H,3,11-14H2,1-2H3,(H,22,23). The van der Waals surface area contributed by atoms with E-state index in [0.29, 0.717) is 31.4 Å². The Morgan fingerprint density at radius 2 is 2.03 bits per heavy atom. The van der Waals surface area contributed by atoms with Crippen molar-refractivity contribution >= 4 is 16.0 Å². The molecule has 0 aliphatic rings. The monoisotopic (exact) mass is 423 g/mol. The summed E-state index contributed by atoms with van der Waals surface area (Å²) in [6.45, 7) is 3.98. The van der Waals surface area contributed by atoms with Crippen molar-refractivity contribution in [3.8, 4) is 5.75 Å². The lowest BCUT2D eigenvalue weighted by molar-refractivity contribution is 0.281. The van der Waals surface area contributed by atoms with Crippen LogP contribution >= 0.6 is 0 Å². The second kappa shape index (κ2) is 11.3. The van der Waals surface area contributed by atoms with E-state index in [4.69, 9.17) is 4.74 Å². The van der Waals surface area contributed by atoms with Gasteiger partial charge in [-0.2, -0.15) is 0 Å². The number of nitrogens with one attached hydrogen (secondary N) is 2. The molecule has 0 fully saturated rings. The number of nitrogens with zero attached hydrogens (tertiary/aromatic N) is 3. The van der Waals surface area contributed by atoms with E-state index in [9.17, 15) is 12.8 Å². The van der Waals surface area contributed by atoms with Crippen molar-refractivity contribution in [3.63, 3.8) is 0 Å². The van der Waals surface area contributed by atoms with Crippen LogP contribution in [-0.4, -0.2) is 64.1 Å². The summed E-state index contributed by atoms with van der Waals surface area (Å²) in [4.78, 5) is 10.2. The first-order valence-electron chi connectivity index (χ1n) is 9.20. The van der Waals surface area contributed by atoms with Crippen LogP contribution in [0.3, 0.4) is 0 Å². The first-order chi connectivity index (χ1) is 13.9. The molecule has 10 heteroatoms. The minimum atomic E-state index is -3.60. The molecule has 2 aromatic rings. The maximum atomic E-state index is 12.9. The molecule has 0 atom stereocenters.